The van der Waals surface area contributed by atoms with Crippen LogP contribution in [-0.4, -0.2) is 41.1 Å². The van der Waals surface area contributed by atoms with Crippen LogP contribution in [0.4, 0.5) is 11.4 Å². The fourth-order valence-corrected chi connectivity index (χ4v) is 4.02. The standard InChI is InChI=1S/C28H31N5O2/c1-6-32(7-2)22-11-14-27(20(4)16-22)33-30-25-17-19(3)24(18-26(25)31-33)29-28(34)15-10-21-8-12-23(35-5)13-9-21/h8-18H,6-7H2,1-5H3,(H,29,34)/b15-10+. The molecule has 4 aromatic rings. The minimum absolute atomic E-state index is 0.210. The molecule has 180 valence electrons. The summed E-state index contributed by atoms with van der Waals surface area (Å²) >= 11 is 0. The molecule has 0 spiro atoms. The van der Waals surface area contributed by atoms with E-state index in [2.05, 4.69) is 59.4 Å². The third-order valence-corrected chi connectivity index (χ3v) is 6.05. The summed E-state index contributed by atoms with van der Waals surface area (Å²) in [5, 5.41) is 12.3. The van der Waals surface area contributed by atoms with Crippen LogP contribution in [-0.2, 0) is 4.79 Å². The Morgan fingerprint density at radius 1 is 0.971 bits per heavy atom. The number of aromatic nitrogens is 3. The number of amides is 1. The minimum atomic E-state index is -0.210. The van der Waals surface area contributed by atoms with Gasteiger partial charge in [0.15, 0.2) is 0 Å². The van der Waals surface area contributed by atoms with Crippen LogP contribution in [0.15, 0.2) is 60.7 Å². The molecule has 7 nitrogen and oxygen atoms in total. The van der Waals surface area contributed by atoms with Crippen LogP contribution < -0.4 is 15.0 Å². The number of rotatable bonds is 8. The first-order valence-electron chi connectivity index (χ1n) is 11.8. The molecular formula is C28H31N5O2. The summed E-state index contributed by atoms with van der Waals surface area (Å²) in [4.78, 5) is 16.5. The van der Waals surface area contributed by atoms with Gasteiger partial charge in [-0.1, -0.05) is 12.1 Å². The normalized spacial score (nSPS) is 11.2. The maximum Gasteiger partial charge on any atom is 0.248 e. The summed E-state index contributed by atoms with van der Waals surface area (Å²) in [5.74, 6) is 0.567. The molecule has 0 bridgehead atoms. The first-order valence-corrected chi connectivity index (χ1v) is 11.8. The number of ether oxygens (including phenoxy) is 1. The maximum atomic E-state index is 12.5. The van der Waals surface area contributed by atoms with Crippen molar-refractivity contribution in [1.82, 2.24) is 15.0 Å². The highest BCUT2D eigenvalue weighted by Crippen LogP contribution is 2.25. The molecule has 0 aliphatic carbocycles. The van der Waals surface area contributed by atoms with Gasteiger partial charge in [-0.05, 0) is 92.9 Å². The van der Waals surface area contributed by atoms with Crippen molar-refractivity contribution in [3.05, 3.63) is 77.4 Å². The van der Waals surface area contributed by atoms with Crippen LogP contribution in [0.2, 0.25) is 0 Å². The van der Waals surface area contributed by atoms with E-state index < -0.39 is 0 Å². The van der Waals surface area contributed by atoms with E-state index in [0.29, 0.717) is 5.69 Å². The van der Waals surface area contributed by atoms with E-state index >= 15 is 0 Å². The molecule has 0 saturated heterocycles. The Hall–Kier alpha value is -4.13. The summed E-state index contributed by atoms with van der Waals surface area (Å²) in [5.41, 5.74) is 7.27. The molecule has 0 aliphatic rings. The van der Waals surface area contributed by atoms with E-state index in [0.717, 1.165) is 52.3 Å². The van der Waals surface area contributed by atoms with Crippen molar-refractivity contribution in [1.29, 1.82) is 0 Å². The van der Waals surface area contributed by atoms with Gasteiger partial charge in [0.2, 0.25) is 5.91 Å². The number of methoxy groups -OCH3 is 1. The Labute approximate surface area is 206 Å². The largest absolute Gasteiger partial charge is 0.497 e. The smallest absolute Gasteiger partial charge is 0.248 e. The number of benzene rings is 3. The number of nitrogens with zero attached hydrogens (tertiary/aromatic N) is 4. The van der Waals surface area contributed by atoms with Gasteiger partial charge in [-0.15, -0.1) is 10.2 Å². The van der Waals surface area contributed by atoms with Crippen LogP contribution in [0.5, 0.6) is 5.75 Å². The summed E-state index contributed by atoms with van der Waals surface area (Å²) in [7, 11) is 1.63. The molecular weight excluding hydrogens is 438 g/mol. The first kappa shape index (κ1) is 24.0. The van der Waals surface area contributed by atoms with Crippen LogP contribution in [0.3, 0.4) is 0 Å². The Balaban J connectivity index is 1.54. The van der Waals surface area contributed by atoms with Gasteiger partial charge in [0, 0.05) is 30.5 Å². The first-order chi connectivity index (χ1) is 16.9. The van der Waals surface area contributed by atoms with E-state index in [1.54, 1.807) is 18.0 Å². The Morgan fingerprint density at radius 3 is 2.29 bits per heavy atom. The van der Waals surface area contributed by atoms with Crippen molar-refractivity contribution in [2.24, 2.45) is 0 Å². The monoisotopic (exact) mass is 469 g/mol. The maximum absolute atomic E-state index is 12.5. The third kappa shape index (κ3) is 5.35. The van der Waals surface area contributed by atoms with Crippen molar-refractivity contribution in [2.45, 2.75) is 27.7 Å². The predicted molar refractivity (Wildman–Crippen MR) is 143 cm³/mol. The zero-order valence-corrected chi connectivity index (χ0v) is 20.9. The van der Waals surface area contributed by atoms with Gasteiger partial charge in [-0.3, -0.25) is 4.79 Å². The molecule has 1 amide bonds. The van der Waals surface area contributed by atoms with Gasteiger partial charge >= 0.3 is 0 Å². The number of carbonyl (C=O) groups is 1. The summed E-state index contributed by atoms with van der Waals surface area (Å²) < 4.78 is 5.16. The zero-order valence-electron chi connectivity index (χ0n) is 20.9. The van der Waals surface area contributed by atoms with Crippen LogP contribution in [0.25, 0.3) is 22.8 Å². The Kier molecular flexibility index (Phi) is 7.15. The van der Waals surface area contributed by atoms with Crippen molar-refractivity contribution >= 4 is 34.4 Å². The Morgan fingerprint density at radius 2 is 1.66 bits per heavy atom. The highest BCUT2D eigenvalue weighted by atomic mass is 16.5. The van der Waals surface area contributed by atoms with Gasteiger partial charge in [0.1, 0.15) is 16.8 Å². The van der Waals surface area contributed by atoms with Gasteiger partial charge in [0.25, 0.3) is 0 Å². The number of aryl methyl sites for hydroxylation is 2. The van der Waals surface area contributed by atoms with Crippen LogP contribution in [0.1, 0.15) is 30.5 Å². The predicted octanol–water partition coefficient (Wildman–Crippen LogP) is 5.54. The zero-order chi connectivity index (χ0) is 24.9. The fraction of sp³-hybridized carbons (Fsp3) is 0.250. The molecule has 1 aromatic heterocycles. The molecule has 0 saturated carbocycles. The summed E-state index contributed by atoms with van der Waals surface area (Å²) in [6.07, 6.45) is 3.28. The topological polar surface area (TPSA) is 72.3 Å². The lowest BCUT2D eigenvalue weighted by molar-refractivity contribution is -0.111. The lowest BCUT2D eigenvalue weighted by atomic mass is 10.1. The van der Waals surface area contributed by atoms with Crippen molar-refractivity contribution in [2.75, 3.05) is 30.4 Å². The van der Waals surface area contributed by atoms with Gasteiger partial charge < -0.3 is 15.0 Å². The SMILES string of the molecule is CCN(CC)c1ccc(-n2nc3cc(C)c(NC(=O)/C=C/c4ccc(OC)cc4)cc3n2)c(C)c1. The highest BCUT2D eigenvalue weighted by molar-refractivity contribution is 6.03. The van der Waals surface area contributed by atoms with Crippen molar-refractivity contribution in [3.8, 4) is 11.4 Å². The molecule has 7 heteroatoms. The number of carbonyl (C=O) groups excluding carboxylic acids is 1. The molecule has 0 unspecified atom stereocenters. The lowest BCUT2D eigenvalue weighted by Crippen LogP contribution is -2.21. The van der Waals surface area contributed by atoms with Crippen molar-refractivity contribution in [3.63, 3.8) is 0 Å². The summed E-state index contributed by atoms with van der Waals surface area (Å²) in [6.45, 7) is 10.3. The van der Waals surface area contributed by atoms with E-state index in [9.17, 15) is 4.79 Å². The molecule has 3 aromatic carbocycles. The van der Waals surface area contributed by atoms with Crippen LogP contribution >= 0.6 is 0 Å². The number of hydrogen-bond acceptors (Lipinski definition) is 5. The second-order valence-electron chi connectivity index (χ2n) is 8.38. The molecule has 0 fully saturated rings. The third-order valence-electron chi connectivity index (χ3n) is 6.05. The minimum Gasteiger partial charge on any atom is -0.497 e. The number of fused-ring (bicyclic) bond motifs is 1. The Bertz CT molecular complexity index is 1370. The van der Waals surface area contributed by atoms with Crippen LogP contribution in [0, 0.1) is 13.8 Å². The quantitative estimate of drug-likeness (QED) is 0.343. The van der Waals surface area contributed by atoms with E-state index in [1.165, 1.54) is 11.8 Å². The molecule has 0 radical (unpaired) electrons. The lowest BCUT2D eigenvalue weighted by Gasteiger charge is -2.22. The molecule has 4 rings (SSSR count). The van der Waals surface area contributed by atoms with Crippen molar-refractivity contribution < 1.29 is 9.53 Å². The molecule has 0 atom stereocenters. The van der Waals surface area contributed by atoms with E-state index in [1.807, 2.05) is 43.3 Å². The number of hydrogen-bond donors (Lipinski definition) is 1. The average Bonchev–Trinajstić information content (AvgIpc) is 3.26. The molecule has 0 aliphatic heterocycles. The highest BCUT2D eigenvalue weighted by Gasteiger charge is 2.12. The second kappa shape index (κ2) is 10.4. The second-order valence-corrected chi connectivity index (χ2v) is 8.38. The van der Waals surface area contributed by atoms with E-state index in [4.69, 9.17) is 4.74 Å². The average molecular weight is 470 g/mol. The van der Waals surface area contributed by atoms with Gasteiger partial charge in [-0.25, -0.2) is 0 Å². The van der Waals surface area contributed by atoms with Gasteiger partial charge in [-0.2, -0.15) is 4.80 Å². The molecule has 1 N–H and O–H groups in total. The number of nitrogens with one attached hydrogen (secondary N) is 1. The molecule has 35 heavy (non-hydrogen) atoms. The van der Waals surface area contributed by atoms with Gasteiger partial charge in [0.05, 0.1) is 12.8 Å². The van der Waals surface area contributed by atoms with E-state index in [-0.39, 0.29) is 5.91 Å². The fourth-order valence-electron chi connectivity index (χ4n) is 4.02. The summed E-state index contributed by atoms with van der Waals surface area (Å²) in [6, 6.07) is 17.7. The number of anilines is 2. The molecule has 1 heterocycles.